The second-order valence-electron chi connectivity index (χ2n) is 7.84. The minimum Gasteiger partial charge on any atom is -0.370 e. The molecule has 0 spiro atoms. The summed E-state index contributed by atoms with van der Waals surface area (Å²) in [5, 5.41) is 0. The van der Waals surface area contributed by atoms with Crippen molar-refractivity contribution in [3.63, 3.8) is 0 Å². The molecule has 4 heteroatoms. The molecule has 2 aromatic carbocycles. The summed E-state index contributed by atoms with van der Waals surface area (Å²) in [6, 6.07) is 23.2. The number of hydrogen-bond acceptors (Lipinski definition) is 2. The lowest BCUT2D eigenvalue weighted by Crippen LogP contribution is -3.14. The van der Waals surface area contributed by atoms with Crippen LogP contribution in [0.2, 0.25) is 0 Å². The van der Waals surface area contributed by atoms with Crippen molar-refractivity contribution in [2.24, 2.45) is 0 Å². The third-order valence-electron chi connectivity index (χ3n) is 5.88. The molecule has 4 nitrogen and oxygen atoms in total. The summed E-state index contributed by atoms with van der Waals surface area (Å²) in [7, 11) is 0. The van der Waals surface area contributed by atoms with Crippen molar-refractivity contribution in [2.45, 2.75) is 19.9 Å². The zero-order valence-corrected chi connectivity index (χ0v) is 17.2. The smallest absolute Gasteiger partial charge is 0.218 e. The fourth-order valence-electron chi connectivity index (χ4n) is 4.38. The number of nitrogens with one attached hydrogen (secondary N) is 1. The monoisotopic (exact) mass is 389 g/mol. The minimum absolute atomic E-state index is 0.0506. The summed E-state index contributed by atoms with van der Waals surface area (Å²) in [6.45, 7) is 8.01. The molecule has 0 saturated carbocycles. The number of benzene rings is 2. The first kappa shape index (κ1) is 19.6. The van der Waals surface area contributed by atoms with Gasteiger partial charge in [0.25, 0.3) is 0 Å². The fraction of sp³-hybridized carbons (Fsp3) is 0.320. The van der Waals surface area contributed by atoms with Crippen molar-refractivity contribution in [3.8, 4) is 0 Å². The Hall–Kier alpha value is -2.69. The standard InChI is InChI=1S/C25H28N2O2/c1-19-17-23(24(28)18-26-13-15-29-16-14-26)20(2)27(19)25(21-9-5-3-6-10-21)22-11-7-4-8-12-22/h3-12,17,25H,13-16,18H2,1-2H3/p+1. The Balaban J connectivity index is 1.71. The number of aryl methyl sites for hydroxylation is 1. The van der Waals surface area contributed by atoms with Gasteiger partial charge in [0.15, 0.2) is 0 Å². The van der Waals surface area contributed by atoms with Gasteiger partial charge >= 0.3 is 0 Å². The van der Waals surface area contributed by atoms with E-state index < -0.39 is 0 Å². The van der Waals surface area contributed by atoms with Gasteiger partial charge in [0.2, 0.25) is 5.78 Å². The molecular weight excluding hydrogens is 360 g/mol. The number of ketones is 1. The van der Waals surface area contributed by atoms with Gasteiger partial charge in [-0.25, -0.2) is 0 Å². The number of nitrogens with zero attached hydrogens (tertiary/aromatic N) is 1. The molecule has 4 rings (SSSR count). The second-order valence-corrected chi connectivity index (χ2v) is 7.84. The van der Waals surface area contributed by atoms with E-state index in [4.69, 9.17) is 4.74 Å². The molecule has 1 N–H and O–H groups in total. The van der Waals surface area contributed by atoms with Crippen LogP contribution < -0.4 is 4.90 Å². The zero-order chi connectivity index (χ0) is 20.2. The molecule has 1 aliphatic heterocycles. The molecule has 0 unspecified atom stereocenters. The van der Waals surface area contributed by atoms with E-state index >= 15 is 0 Å². The van der Waals surface area contributed by atoms with Gasteiger partial charge in [-0.05, 0) is 31.0 Å². The van der Waals surface area contributed by atoms with E-state index in [1.165, 1.54) is 16.0 Å². The number of ether oxygens (including phenoxy) is 1. The van der Waals surface area contributed by atoms with E-state index in [9.17, 15) is 4.79 Å². The van der Waals surface area contributed by atoms with Gasteiger partial charge in [0.05, 0.1) is 19.3 Å². The quantitative estimate of drug-likeness (QED) is 0.658. The minimum atomic E-state index is 0.0506. The summed E-state index contributed by atoms with van der Waals surface area (Å²) in [6.07, 6.45) is 0. The van der Waals surface area contributed by atoms with E-state index in [-0.39, 0.29) is 11.8 Å². The Morgan fingerprint density at radius 2 is 1.52 bits per heavy atom. The Labute approximate surface area is 172 Å². The van der Waals surface area contributed by atoms with Gasteiger partial charge < -0.3 is 14.2 Å². The third kappa shape index (κ3) is 4.19. The lowest BCUT2D eigenvalue weighted by molar-refractivity contribution is -0.899. The highest BCUT2D eigenvalue weighted by Crippen LogP contribution is 2.31. The van der Waals surface area contributed by atoms with Crippen molar-refractivity contribution in [1.29, 1.82) is 0 Å². The van der Waals surface area contributed by atoms with Crippen LogP contribution in [0.3, 0.4) is 0 Å². The maximum absolute atomic E-state index is 13.1. The van der Waals surface area contributed by atoms with E-state index in [1.54, 1.807) is 0 Å². The van der Waals surface area contributed by atoms with Crippen LogP contribution in [0.1, 0.15) is 38.9 Å². The highest BCUT2D eigenvalue weighted by atomic mass is 16.5. The summed E-state index contributed by atoms with van der Waals surface area (Å²) < 4.78 is 7.74. The fourth-order valence-corrected chi connectivity index (χ4v) is 4.38. The number of aromatic nitrogens is 1. The van der Waals surface area contributed by atoms with Gasteiger partial charge in [-0.1, -0.05) is 60.7 Å². The van der Waals surface area contributed by atoms with Crippen molar-refractivity contribution in [2.75, 3.05) is 32.8 Å². The highest BCUT2D eigenvalue weighted by Gasteiger charge is 2.26. The number of carbonyl (C=O) groups is 1. The molecule has 1 aliphatic rings. The van der Waals surface area contributed by atoms with Crippen LogP contribution in [0, 0.1) is 13.8 Å². The SMILES string of the molecule is Cc1cc(C(=O)C[NH+]2CCOCC2)c(C)n1C(c1ccccc1)c1ccccc1. The topological polar surface area (TPSA) is 35.7 Å². The molecule has 2 heterocycles. The van der Waals surface area contributed by atoms with Crippen molar-refractivity contribution >= 4 is 5.78 Å². The van der Waals surface area contributed by atoms with Crippen LogP contribution in [0.15, 0.2) is 66.7 Å². The first-order valence-corrected chi connectivity index (χ1v) is 10.4. The van der Waals surface area contributed by atoms with Crippen LogP contribution >= 0.6 is 0 Å². The largest absolute Gasteiger partial charge is 0.370 e. The van der Waals surface area contributed by atoms with Crippen LogP contribution in [0.4, 0.5) is 0 Å². The Morgan fingerprint density at radius 3 is 2.07 bits per heavy atom. The summed E-state index contributed by atoms with van der Waals surface area (Å²) in [4.78, 5) is 14.4. The molecule has 29 heavy (non-hydrogen) atoms. The number of Topliss-reactive ketones (excluding diaryl/α,β-unsaturated/α-hetero) is 1. The van der Waals surface area contributed by atoms with Gasteiger partial charge in [0.1, 0.15) is 19.6 Å². The number of hydrogen-bond donors (Lipinski definition) is 1. The molecular formula is C25H29N2O2+. The molecule has 0 amide bonds. The predicted molar refractivity (Wildman–Crippen MR) is 115 cm³/mol. The number of morpholine rings is 1. The molecule has 3 aromatic rings. The lowest BCUT2D eigenvalue weighted by atomic mass is 9.98. The maximum Gasteiger partial charge on any atom is 0.218 e. The van der Waals surface area contributed by atoms with Crippen LogP contribution in [-0.2, 0) is 4.74 Å². The summed E-state index contributed by atoms with van der Waals surface area (Å²) in [5.74, 6) is 0.223. The first-order chi connectivity index (χ1) is 14.1. The van der Waals surface area contributed by atoms with Crippen molar-refractivity contribution in [3.05, 3.63) is 94.8 Å². The second kappa shape index (κ2) is 8.76. The lowest BCUT2D eigenvalue weighted by Gasteiger charge is -2.24. The summed E-state index contributed by atoms with van der Waals surface area (Å²) >= 11 is 0. The molecule has 0 bridgehead atoms. The average molecular weight is 390 g/mol. The molecule has 0 radical (unpaired) electrons. The summed E-state index contributed by atoms with van der Waals surface area (Å²) in [5.41, 5.74) is 5.44. The van der Waals surface area contributed by atoms with Gasteiger partial charge in [-0.15, -0.1) is 0 Å². The van der Waals surface area contributed by atoms with E-state index in [0.717, 1.165) is 43.3 Å². The van der Waals surface area contributed by atoms with Gasteiger partial charge in [0, 0.05) is 17.0 Å². The number of carbonyl (C=O) groups excluding carboxylic acids is 1. The maximum atomic E-state index is 13.1. The third-order valence-corrected chi connectivity index (χ3v) is 5.88. The Morgan fingerprint density at radius 1 is 0.966 bits per heavy atom. The molecule has 1 fully saturated rings. The normalized spacial score (nSPS) is 15.0. The van der Waals surface area contributed by atoms with Gasteiger partial charge in [-0.2, -0.15) is 0 Å². The van der Waals surface area contributed by atoms with Gasteiger partial charge in [-0.3, -0.25) is 4.79 Å². The van der Waals surface area contributed by atoms with Crippen molar-refractivity contribution in [1.82, 2.24) is 4.57 Å². The Bertz CT molecular complexity index is 918. The predicted octanol–water partition coefficient (Wildman–Crippen LogP) is 2.84. The van der Waals surface area contributed by atoms with E-state index in [0.29, 0.717) is 6.54 Å². The average Bonchev–Trinajstić information content (AvgIpc) is 3.05. The van der Waals surface area contributed by atoms with Crippen LogP contribution in [0.25, 0.3) is 0 Å². The highest BCUT2D eigenvalue weighted by molar-refractivity contribution is 5.98. The first-order valence-electron chi connectivity index (χ1n) is 10.4. The molecule has 150 valence electrons. The zero-order valence-electron chi connectivity index (χ0n) is 17.2. The van der Waals surface area contributed by atoms with E-state index in [1.807, 2.05) is 12.1 Å². The van der Waals surface area contributed by atoms with Crippen molar-refractivity contribution < 1.29 is 14.4 Å². The molecule has 0 atom stereocenters. The molecule has 1 saturated heterocycles. The molecule has 1 aromatic heterocycles. The van der Waals surface area contributed by atoms with Crippen LogP contribution in [-0.4, -0.2) is 43.2 Å². The number of rotatable bonds is 6. The molecule has 0 aliphatic carbocycles. The number of quaternary nitrogens is 1. The van der Waals surface area contributed by atoms with E-state index in [2.05, 4.69) is 73.0 Å². The van der Waals surface area contributed by atoms with Crippen LogP contribution in [0.5, 0.6) is 0 Å². The Kier molecular flexibility index (Phi) is 5.93.